The monoisotopic (exact) mass is 178 g/mol. The molecule has 0 radical (unpaired) electrons. The molecule has 0 amide bonds. The van der Waals surface area contributed by atoms with Crippen LogP contribution in [0.2, 0.25) is 0 Å². The van der Waals surface area contributed by atoms with Gasteiger partial charge in [0.15, 0.2) is 0 Å². The fourth-order valence-corrected chi connectivity index (χ4v) is 0.419. The van der Waals surface area contributed by atoms with Crippen LogP contribution in [0.25, 0.3) is 0 Å². The summed E-state index contributed by atoms with van der Waals surface area (Å²) in [5.74, 6) is 0. The lowest BCUT2D eigenvalue weighted by molar-refractivity contribution is 0.334. The topological polar surface area (TPSA) is 64.2 Å². The smallest absolute Gasteiger partial charge is 0.304 e. The molecule has 0 spiro atoms. The minimum absolute atomic E-state index is 1.31. The van der Waals surface area contributed by atoms with Crippen molar-refractivity contribution in [3.05, 3.63) is 18.7 Å². The van der Waals surface area contributed by atoms with Crippen molar-refractivity contribution in [2.45, 2.75) is 0 Å². The molecule has 0 saturated heterocycles. The summed E-state index contributed by atoms with van der Waals surface area (Å²) in [6, 6.07) is 0. The highest BCUT2D eigenvalue weighted by Crippen LogP contribution is 1.76. The van der Waals surface area contributed by atoms with Crippen LogP contribution < -0.4 is 0 Å². The van der Waals surface area contributed by atoms with Gasteiger partial charge in [0.25, 0.3) is 0 Å². The van der Waals surface area contributed by atoms with E-state index in [2.05, 4.69) is 18.3 Å². The van der Waals surface area contributed by atoms with Crippen molar-refractivity contribution >= 4 is 11.4 Å². The molecule has 0 saturated carbocycles. The first-order valence-electron chi connectivity index (χ1n) is 2.74. The molecule has 1 rings (SSSR count). The summed E-state index contributed by atoms with van der Waals surface area (Å²) in [5, 5.41) is 0. The number of nitrogens with zero attached hydrogens (tertiary/aromatic N) is 1. The summed E-state index contributed by atoms with van der Waals surface area (Å²) >= 11 is -1.53. The fourth-order valence-electron chi connectivity index (χ4n) is 0.283. The van der Waals surface area contributed by atoms with Crippen molar-refractivity contribution in [2.24, 2.45) is 0 Å². The minimum Gasteiger partial charge on any atom is -0.351 e. The molecular weight excluding hydrogens is 168 g/mol. The third-order valence-corrected chi connectivity index (χ3v) is 1.22. The lowest BCUT2D eigenvalue weighted by Crippen LogP contribution is -1.91. The molecular formula is C5H10N2O3S. The molecule has 0 aliphatic rings. The Morgan fingerprint density at radius 2 is 2.09 bits per heavy atom. The first-order valence-corrected chi connectivity index (χ1v) is 3.74. The van der Waals surface area contributed by atoms with E-state index in [1.54, 1.807) is 18.7 Å². The van der Waals surface area contributed by atoms with Crippen molar-refractivity contribution in [1.29, 1.82) is 0 Å². The van der Waals surface area contributed by atoms with E-state index in [-0.39, 0.29) is 0 Å². The zero-order valence-corrected chi connectivity index (χ0v) is 7.13. The number of aromatic amines is 1. The van der Waals surface area contributed by atoms with Crippen LogP contribution in [0.4, 0.5) is 0 Å². The summed E-state index contributed by atoms with van der Waals surface area (Å²) in [6.45, 7) is 0. The highest BCUT2D eigenvalue weighted by molar-refractivity contribution is 7.75. The van der Waals surface area contributed by atoms with E-state index in [1.807, 2.05) is 0 Å². The predicted molar refractivity (Wildman–Crippen MR) is 40.7 cm³/mol. The SMILES string of the molecule is COS(=O)OC.c1c[nH]cn1. The Balaban J connectivity index is 0.000000183. The molecule has 5 nitrogen and oxygen atoms in total. The quantitative estimate of drug-likeness (QED) is 0.706. The fraction of sp³-hybridized carbons (Fsp3) is 0.400. The van der Waals surface area contributed by atoms with Crippen molar-refractivity contribution in [3.8, 4) is 0 Å². The molecule has 64 valence electrons. The van der Waals surface area contributed by atoms with Crippen LogP contribution >= 0.6 is 0 Å². The van der Waals surface area contributed by atoms with Gasteiger partial charge in [-0.15, -0.1) is 0 Å². The van der Waals surface area contributed by atoms with E-state index in [1.165, 1.54) is 14.2 Å². The second-order valence-corrected chi connectivity index (χ2v) is 2.37. The number of hydrogen-bond acceptors (Lipinski definition) is 4. The summed E-state index contributed by atoms with van der Waals surface area (Å²) in [4.78, 5) is 6.42. The number of hydrogen-bond donors (Lipinski definition) is 1. The molecule has 6 heteroatoms. The third kappa shape index (κ3) is 7.17. The van der Waals surface area contributed by atoms with Gasteiger partial charge in [0, 0.05) is 12.4 Å². The maximum atomic E-state index is 9.85. The van der Waals surface area contributed by atoms with Gasteiger partial charge >= 0.3 is 11.4 Å². The molecule has 0 aliphatic heterocycles. The van der Waals surface area contributed by atoms with Gasteiger partial charge < -0.3 is 4.98 Å². The van der Waals surface area contributed by atoms with Crippen molar-refractivity contribution in [3.63, 3.8) is 0 Å². The van der Waals surface area contributed by atoms with Crippen LogP contribution in [-0.4, -0.2) is 28.4 Å². The maximum absolute atomic E-state index is 9.85. The molecule has 1 aromatic rings. The van der Waals surface area contributed by atoms with Gasteiger partial charge in [0.1, 0.15) is 0 Å². The Kier molecular flexibility index (Phi) is 6.90. The Labute approximate surface area is 67.6 Å². The predicted octanol–water partition coefficient (Wildman–Crippen LogP) is 0.268. The van der Waals surface area contributed by atoms with Gasteiger partial charge in [-0.25, -0.2) is 4.98 Å². The van der Waals surface area contributed by atoms with E-state index < -0.39 is 11.4 Å². The van der Waals surface area contributed by atoms with Crippen LogP contribution in [0.5, 0.6) is 0 Å². The molecule has 1 N–H and O–H groups in total. The lowest BCUT2D eigenvalue weighted by Gasteiger charge is -1.86. The average molecular weight is 178 g/mol. The van der Waals surface area contributed by atoms with E-state index in [9.17, 15) is 4.21 Å². The summed E-state index contributed by atoms with van der Waals surface area (Å²) in [5.41, 5.74) is 0. The van der Waals surface area contributed by atoms with Crippen LogP contribution in [0.3, 0.4) is 0 Å². The number of H-pyrrole nitrogens is 1. The van der Waals surface area contributed by atoms with Gasteiger partial charge in [-0.3, -0.25) is 8.37 Å². The molecule has 0 aromatic carbocycles. The van der Waals surface area contributed by atoms with Gasteiger partial charge in [0.05, 0.1) is 20.5 Å². The highest BCUT2D eigenvalue weighted by atomic mass is 32.2. The molecule has 0 fully saturated rings. The minimum atomic E-state index is -1.53. The number of imidazole rings is 1. The van der Waals surface area contributed by atoms with Crippen molar-refractivity contribution in [2.75, 3.05) is 14.2 Å². The Morgan fingerprint density at radius 1 is 1.45 bits per heavy atom. The second kappa shape index (κ2) is 7.39. The van der Waals surface area contributed by atoms with E-state index in [0.717, 1.165) is 0 Å². The second-order valence-electron chi connectivity index (χ2n) is 1.30. The van der Waals surface area contributed by atoms with Crippen molar-refractivity contribution < 1.29 is 12.6 Å². The standard InChI is InChI=1S/C3H4N2.C2H6O3S/c1-2-5-3-4-1;1-4-6(3)5-2/h1-3H,(H,4,5);1-2H3. The van der Waals surface area contributed by atoms with Crippen LogP contribution in [0, 0.1) is 0 Å². The number of rotatable bonds is 2. The van der Waals surface area contributed by atoms with Gasteiger partial charge in [-0.1, -0.05) is 0 Å². The third-order valence-electron chi connectivity index (χ3n) is 0.678. The molecule has 0 unspecified atom stereocenters. The average Bonchev–Trinajstić information content (AvgIpc) is 2.60. The first-order chi connectivity index (χ1) is 5.31. The molecule has 1 aromatic heterocycles. The van der Waals surface area contributed by atoms with E-state index >= 15 is 0 Å². The van der Waals surface area contributed by atoms with E-state index in [0.29, 0.717) is 0 Å². The van der Waals surface area contributed by atoms with Gasteiger partial charge in [0.2, 0.25) is 0 Å². The molecule has 0 atom stereocenters. The Bertz CT molecular complexity index is 155. The van der Waals surface area contributed by atoms with Crippen LogP contribution in [0.15, 0.2) is 18.7 Å². The zero-order valence-electron chi connectivity index (χ0n) is 6.31. The summed E-state index contributed by atoms with van der Waals surface area (Å²) in [6.07, 6.45) is 5.08. The zero-order chi connectivity index (χ0) is 8.53. The van der Waals surface area contributed by atoms with Gasteiger partial charge in [-0.2, -0.15) is 4.21 Å². The van der Waals surface area contributed by atoms with Gasteiger partial charge in [-0.05, 0) is 0 Å². The number of aromatic nitrogens is 2. The number of nitrogens with one attached hydrogen (secondary N) is 1. The molecule has 0 aliphatic carbocycles. The lowest BCUT2D eigenvalue weighted by atomic mass is 11.0. The first kappa shape index (κ1) is 10.3. The van der Waals surface area contributed by atoms with E-state index in [4.69, 9.17) is 0 Å². The summed E-state index contributed by atoms with van der Waals surface area (Å²) < 4.78 is 18.1. The van der Waals surface area contributed by atoms with Crippen molar-refractivity contribution in [1.82, 2.24) is 9.97 Å². The largest absolute Gasteiger partial charge is 0.351 e. The molecule has 1 heterocycles. The molecule has 11 heavy (non-hydrogen) atoms. The van der Waals surface area contributed by atoms with Crippen LogP contribution in [-0.2, 0) is 19.7 Å². The summed E-state index contributed by atoms with van der Waals surface area (Å²) in [7, 11) is 2.61. The Morgan fingerprint density at radius 3 is 2.18 bits per heavy atom. The molecule has 0 bridgehead atoms. The highest BCUT2D eigenvalue weighted by Gasteiger charge is 1.84. The Hall–Kier alpha value is -0.720. The van der Waals surface area contributed by atoms with Crippen LogP contribution in [0.1, 0.15) is 0 Å². The maximum Gasteiger partial charge on any atom is 0.304 e. The normalized spacial score (nSPS) is 9.00.